The van der Waals surface area contributed by atoms with E-state index < -0.39 is 55.3 Å². The number of ether oxygens (including phenoxy) is 4. The smallest absolute Gasteiger partial charge is 0.186 e. The van der Waals surface area contributed by atoms with Crippen LogP contribution in [0.25, 0.3) is 0 Å². The quantitative estimate of drug-likeness (QED) is 0.217. The fourth-order valence-corrected chi connectivity index (χ4v) is 3.62. The SMILES string of the molecule is CC(CCc1ccc(O)cc1)OC1OC(COC2OCC(O)(CO)C2O)C(O)C(O)C1O. The average Bonchev–Trinajstić information content (AvgIpc) is 3.07. The molecule has 0 amide bonds. The Bertz CT molecular complexity index is 716. The van der Waals surface area contributed by atoms with Gasteiger partial charge in [0.05, 0.1) is 25.9 Å². The van der Waals surface area contributed by atoms with Gasteiger partial charge in [0.2, 0.25) is 0 Å². The van der Waals surface area contributed by atoms with Crippen molar-refractivity contribution in [1.29, 1.82) is 0 Å². The Hall–Kier alpha value is -1.38. The fraction of sp³-hybridized carbons (Fsp3) is 0.714. The van der Waals surface area contributed by atoms with E-state index in [1.165, 1.54) is 0 Å². The molecule has 9 unspecified atom stereocenters. The summed E-state index contributed by atoms with van der Waals surface area (Å²) in [5.74, 6) is 0.175. The molecule has 32 heavy (non-hydrogen) atoms. The molecule has 182 valence electrons. The van der Waals surface area contributed by atoms with Gasteiger partial charge >= 0.3 is 0 Å². The van der Waals surface area contributed by atoms with Crippen LogP contribution in [0, 0.1) is 0 Å². The molecule has 0 bridgehead atoms. The highest BCUT2D eigenvalue weighted by Gasteiger charge is 2.50. The summed E-state index contributed by atoms with van der Waals surface area (Å²) >= 11 is 0. The summed E-state index contributed by atoms with van der Waals surface area (Å²) in [5.41, 5.74) is -0.867. The molecular weight excluding hydrogens is 428 g/mol. The van der Waals surface area contributed by atoms with Crippen LogP contribution < -0.4 is 0 Å². The summed E-state index contributed by atoms with van der Waals surface area (Å²) in [5, 5.41) is 69.3. The Morgan fingerprint density at radius 2 is 1.75 bits per heavy atom. The van der Waals surface area contributed by atoms with Crippen molar-refractivity contribution in [3.05, 3.63) is 29.8 Å². The maximum absolute atomic E-state index is 10.3. The largest absolute Gasteiger partial charge is 0.508 e. The van der Waals surface area contributed by atoms with E-state index in [2.05, 4.69) is 0 Å². The number of aliphatic hydroxyl groups is 6. The zero-order valence-electron chi connectivity index (χ0n) is 17.7. The van der Waals surface area contributed by atoms with Crippen LogP contribution in [0.4, 0.5) is 0 Å². The van der Waals surface area contributed by atoms with Gasteiger partial charge in [-0.05, 0) is 37.5 Å². The van der Waals surface area contributed by atoms with Gasteiger partial charge < -0.3 is 54.7 Å². The lowest BCUT2D eigenvalue weighted by atomic mass is 9.99. The first kappa shape index (κ1) is 25.2. The first-order valence-corrected chi connectivity index (χ1v) is 10.5. The minimum atomic E-state index is -1.86. The van der Waals surface area contributed by atoms with Crippen molar-refractivity contribution in [2.75, 3.05) is 19.8 Å². The van der Waals surface area contributed by atoms with Crippen molar-refractivity contribution in [2.45, 2.75) is 74.6 Å². The Morgan fingerprint density at radius 3 is 2.38 bits per heavy atom. The zero-order chi connectivity index (χ0) is 23.5. The number of hydrogen-bond acceptors (Lipinski definition) is 11. The lowest BCUT2D eigenvalue weighted by Gasteiger charge is -2.41. The minimum Gasteiger partial charge on any atom is -0.508 e. The number of benzene rings is 1. The summed E-state index contributed by atoms with van der Waals surface area (Å²) in [4.78, 5) is 0. The van der Waals surface area contributed by atoms with Gasteiger partial charge in [-0.25, -0.2) is 0 Å². The van der Waals surface area contributed by atoms with Crippen molar-refractivity contribution in [2.24, 2.45) is 0 Å². The van der Waals surface area contributed by atoms with Crippen molar-refractivity contribution >= 4 is 0 Å². The molecule has 0 spiro atoms. The second kappa shape index (κ2) is 10.7. The third-order valence-electron chi connectivity index (χ3n) is 5.82. The lowest BCUT2D eigenvalue weighted by molar-refractivity contribution is -0.317. The Kier molecular flexibility index (Phi) is 8.44. The van der Waals surface area contributed by atoms with E-state index in [1.54, 1.807) is 31.2 Å². The molecule has 0 saturated carbocycles. The summed E-state index contributed by atoms with van der Waals surface area (Å²) in [6.07, 6.45) is -8.83. The van der Waals surface area contributed by atoms with Crippen LogP contribution >= 0.6 is 0 Å². The van der Waals surface area contributed by atoms with Gasteiger partial charge in [0, 0.05) is 0 Å². The molecule has 11 nitrogen and oxygen atoms in total. The second-order valence-corrected chi connectivity index (χ2v) is 8.39. The van der Waals surface area contributed by atoms with Gasteiger partial charge in [-0.1, -0.05) is 12.1 Å². The van der Waals surface area contributed by atoms with Crippen LogP contribution in [0.5, 0.6) is 5.75 Å². The van der Waals surface area contributed by atoms with E-state index in [0.29, 0.717) is 12.8 Å². The molecule has 0 aliphatic carbocycles. The van der Waals surface area contributed by atoms with Crippen LogP contribution in [0.3, 0.4) is 0 Å². The van der Waals surface area contributed by atoms with Gasteiger partial charge in [-0.2, -0.15) is 0 Å². The van der Waals surface area contributed by atoms with Gasteiger partial charge in [0.15, 0.2) is 12.6 Å². The average molecular weight is 460 g/mol. The fourth-order valence-electron chi connectivity index (χ4n) is 3.62. The molecule has 2 aliphatic heterocycles. The molecule has 7 N–H and O–H groups in total. The van der Waals surface area contributed by atoms with Crippen LogP contribution in [0.1, 0.15) is 18.9 Å². The first-order chi connectivity index (χ1) is 15.1. The number of aliphatic hydroxyl groups excluding tert-OH is 5. The molecule has 0 aromatic heterocycles. The first-order valence-electron chi connectivity index (χ1n) is 10.5. The van der Waals surface area contributed by atoms with Crippen molar-refractivity contribution < 1.29 is 54.7 Å². The Balaban J connectivity index is 1.52. The maximum Gasteiger partial charge on any atom is 0.186 e. The third-order valence-corrected chi connectivity index (χ3v) is 5.82. The number of phenolic OH excluding ortho intramolecular Hbond substituents is 1. The van der Waals surface area contributed by atoms with Crippen LogP contribution in [-0.4, -0.2) is 110 Å². The van der Waals surface area contributed by atoms with E-state index in [-0.39, 0.29) is 25.1 Å². The third kappa shape index (κ3) is 5.75. The molecule has 2 fully saturated rings. The van der Waals surface area contributed by atoms with E-state index in [0.717, 1.165) is 5.56 Å². The van der Waals surface area contributed by atoms with E-state index in [9.17, 15) is 35.7 Å². The van der Waals surface area contributed by atoms with Crippen molar-refractivity contribution in [3.63, 3.8) is 0 Å². The molecule has 9 atom stereocenters. The predicted octanol–water partition coefficient (Wildman–Crippen LogP) is -2.01. The molecule has 0 radical (unpaired) electrons. The van der Waals surface area contributed by atoms with Gasteiger partial charge in [0.1, 0.15) is 41.9 Å². The van der Waals surface area contributed by atoms with E-state index in [1.807, 2.05) is 0 Å². The zero-order valence-corrected chi connectivity index (χ0v) is 17.7. The van der Waals surface area contributed by atoms with Crippen molar-refractivity contribution in [1.82, 2.24) is 0 Å². The molecule has 2 heterocycles. The molecule has 1 aromatic rings. The lowest BCUT2D eigenvalue weighted by Crippen LogP contribution is -2.60. The monoisotopic (exact) mass is 460 g/mol. The van der Waals surface area contributed by atoms with Crippen LogP contribution in [-0.2, 0) is 25.4 Å². The second-order valence-electron chi connectivity index (χ2n) is 8.39. The highest BCUT2D eigenvalue weighted by atomic mass is 16.7. The van der Waals surface area contributed by atoms with Gasteiger partial charge in [0.25, 0.3) is 0 Å². The molecule has 1 aromatic carbocycles. The Morgan fingerprint density at radius 1 is 1.06 bits per heavy atom. The highest BCUT2D eigenvalue weighted by Crippen LogP contribution is 2.28. The number of rotatable bonds is 9. The predicted molar refractivity (Wildman–Crippen MR) is 107 cm³/mol. The number of phenols is 1. The van der Waals surface area contributed by atoms with Crippen LogP contribution in [0.15, 0.2) is 24.3 Å². The summed E-state index contributed by atoms with van der Waals surface area (Å²) in [6.45, 7) is 0.377. The summed E-state index contributed by atoms with van der Waals surface area (Å²) in [7, 11) is 0. The molecular formula is C21H32O11. The molecule has 3 rings (SSSR count). The molecule has 2 saturated heterocycles. The van der Waals surface area contributed by atoms with Crippen molar-refractivity contribution in [3.8, 4) is 5.75 Å². The Labute approximate surface area is 185 Å². The standard InChI is InChI=1S/C21H32O11/c1-11(2-3-12-4-6-13(23)7-5-12)31-19-17(26)16(25)15(24)14(32-19)8-29-20-18(27)21(28,9-22)10-30-20/h4-7,11,14-20,22-28H,2-3,8-10H2,1H3. The molecule has 11 heteroatoms. The summed E-state index contributed by atoms with van der Waals surface area (Å²) in [6, 6.07) is 6.75. The minimum absolute atomic E-state index is 0.175. The van der Waals surface area contributed by atoms with Gasteiger partial charge in [-0.15, -0.1) is 0 Å². The number of aromatic hydroxyl groups is 1. The maximum atomic E-state index is 10.3. The normalized spacial score (nSPS) is 38.7. The van der Waals surface area contributed by atoms with E-state index >= 15 is 0 Å². The van der Waals surface area contributed by atoms with E-state index in [4.69, 9.17) is 18.9 Å². The highest BCUT2D eigenvalue weighted by molar-refractivity contribution is 5.25. The molecule has 2 aliphatic rings. The summed E-state index contributed by atoms with van der Waals surface area (Å²) < 4.78 is 21.9. The van der Waals surface area contributed by atoms with Gasteiger partial charge in [-0.3, -0.25) is 0 Å². The van der Waals surface area contributed by atoms with Crippen LogP contribution in [0.2, 0.25) is 0 Å². The topological polar surface area (TPSA) is 179 Å². The number of hydrogen-bond donors (Lipinski definition) is 7. The number of aryl methyl sites for hydroxylation is 1.